The minimum Gasteiger partial charge on any atom is -0.481 e. The largest absolute Gasteiger partial charge is 0.481 e. The molecule has 0 aromatic heterocycles. The van der Waals surface area contributed by atoms with Crippen molar-refractivity contribution >= 4 is 35.1 Å². The van der Waals surface area contributed by atoms with E-state index in [1.54, 1.807) is 24.3 Å². The number of amides is 2. The van der Waals surface area contributed by atoms with Crippen LogP contribution in [0.4, 0.5) is 5.69 Å². The van der Waals surface area contributed by atoms with Crippen molar-refractivity contribution in [1.29, 1.82) is 0 Å². The first-order valence-corrected chi connectivity index (χ1v) is 7.39. The van der Waals surface area contributed by atoms with Crippen molar-refractivity contribution in [3.63, 3.8) is 0 Å². The molecular formula is C15H17ClN2O4. The summed E-state index contributed by atoms with van der Waals surface area (Å²) in [7, 11) is 0. The molecule has 0 spiro atoms. The Morgan fingerprint density at radius 2 is 1.77 bits per heavy atom. The fourth-order valence-electron chi connectivity index (χ4n) is 2.49. The molecule has 0 saturated heterocycles. The van der Waals surface area contributed by atoms with Crippen LogP contribution in [0.5, 0.6) is 0 Å². The molecule has 2 amide bonds. The fourth-order valence-corrected chi connectivity index (χ4v) is 2.62. The van der Waals surface area contributed by atoms with Crippen LogP contribution in [0.2, 0.25) is 5.02 Å². The minimum absolute atomic E-state index is 0.143. The summed E-state index contributed by atoms with van der Waals surface area (Å²) in [5, 5.41) is 14.7. The lowest BCUT2D eigenvalue weighted by molar-refractivity contribution is -0.141. The maximum atomic E-state index is 11.9. The molecule has 1 saturated carbocycles. The molecule has 1 aromatic carbocycles. The molecule has 1 aromatic rings. The van der Waals surface area contributed by atoms with E-state index in [1.165, 1.54) is 0 Å². The van der Waals surface area contributed by atoms with Gasteiger partial charge in [0, 0.05) is 16.6 Å². The third kappa shape index (κ3) is 4.46. The van der Waals surface area contributed by atoms with Crippen LogP contribution in [-0.2, 0) is 14.4 Å². The van der Waals surface area contributed by atoms with Crippen LogP contribution in [-0.4, -0.2) is 29.4 Å². The Bertz CT molecular complexity index is 573. The number of carboxylic acids is 1. The van der Waals surface area contributed by atoms with E-state index < -0.39 is 11.9 Å². The first kappa shape index (κ1) is 16.3. The zero-order chi connectivity index (χ0) is 16.1. The Hall–Kier alpha value is -2.08. The molecule has 6 nitrogen and oxygen atoms in total. The number of hydrogen-bond donors (Lipinski definition) is 3. The molecule has 118 valence electrons. The van der Waals surface area contributed by atoms with Gasteiger partial charge in [0.2, 0.25) is 11.8 Å². The van der Waals surface area contributed by atoms with Crippen LogP contribution in [0.3, 0.4) is 0 Å². The van der Waals surface area contributed by atoms with Crippen molar-refractivity contribution in [3.8, 4) is 0 Å². The maximum Gasteiger partial charge on any atom is 0.306 e. The Kier molecular flexibility index (Phi) is 5.38. The van der Waals surface area contributed by atoms with E-state index in [2.05, 4.69) is 10.6 Å². The van der Waals surface area contributed by atoms with Gasteiger partial charge in [0.25, 0.3) is 0 Å². The average molecular weight is 325 g/mol. The molecule has 0 radical (unpaired) electrons. The smallest absolute Gasteiger partial charge is 0.306 e. The quantitative estimate of drug-likeness (QED) is 0.770. The minimum atomic E-state index is -0.865. The van der Waals surface area contributed by atoms with E-state index in [9.17, 15) is 14.4 Å². The average Bonchev–Trinajstić information content (AvgIpc) is 2.97. The number of nitrogens with one attached hydrogen (secondary N) is 2. The number of carboxylic acid groups (broad SMARTS) is 1. The summed E-state index contributed by atoms with van der Waals surface area (Å²) in [5.74, 6) is -2.27. The molecule has 2 atom stereocenters. The highest BCUT2D eigenvalue weighted by atomic mass is 35.5. The summed E-state index contributed by atoms with van der Waals surface area (Å²) in [6.45, 7) is -0.143. The molecule has 2 rings (SSSR count). The van der Waals surface area contributed by atoms with Gasteiger partial charge in [-0.25, -0.2) is 0 Å². The number of halogens is 1. The molecule has 0 aliphatic heterocycles. The summed E-state index contributed by atoms with van der Waals surface area (Å²) < 4.78 is 0. The zero-order valence-corrected chi connectivity index (χ0v) is 12.6. The van der Waals surface area contributed by atoms with Gasteiger partial charge in [-0.05, 0) is 43.5 Å². The molecule has 22 heavy (non-hydrogen) atoms. The highest BCUT2D eigenvalue weighted by Gasteiger charge is 2.33. The first-order valence-electron chi connectivity index (χ1n) is 7.01. The van der Waals surface area contributed by atoms with Gasteiger partial charge in [-0.2, -0.15) is 0 Å². The first-order chi connectivity index (χ1) is 10.5. The van der Waals surface area contributed by atoms with E-state index >= 15 is 0 Å². The maximum absolute atomic E-state index is 11.9. The van der Waals surface area contributed by atoms with Crippen LogP contribution in [0, 0.1) is 11.8 Å². The second kappa shape index (κ2) is 7.26. The normalized spacial score (nSPS) is 20.4. The van der Waals surface area contributed by atoms with Crippen molar-refractivity contribution < 1.29 is 19.5 Å². The van der Waals surface area contributed by atoms with E-state index in [0.29, 0.717) is 30.0 Å². The van der Waals surface area contributed by atoms with Gasteiger partial charge in [0.15, 0.2) is 0 Å². The second-order valence-electron chi connectivity index (χ2n) is 5.32. The zero-order valence-electron chi connectivity index (χ0n) is 11.8. The van der Waals surface area contributed by atoms with Crippen LogP contribution in [0.1, 0.15) is 19.3 Å². The lowest BCUT2D eigenvalue weighted by atomic mass is 10.0. The van der Waals surface area contributed by atoms with Gasteiger partial charge in [0.1, 0.15) is 0 Å². The van der Waals surface area contributed by atoms with E-state index in [0.717, 1.165) is 0 Å². The van der Waals surface area contributed by atoms with Gasteiger partial charge in [-0.15, -0.1) is 0 Å². The van der Waals surface area contributed by atoms with Crippen molar-refractivity contribution in [2.24, 2.45) is 11.8 Å². The van der Waals surface area contributed by atoms with E-state index in [1.807, 2.05) is 0 Å². The molecule has 1 aliphatic carbocycles. The Balaban J connectivity index is 1.75. The monoisotopic (exact) mass is 324 g/mol. The summed E-state index contributed by atoms with van der Waals surface area (Å²) in [5.41, 5.74) is 0.593. The predicted molar refractivity (Wildman–Crippen MR) is 81.6 cm³/mol. The molecule has 1 fully saturated rings. The Morgan fingerprint density at radius 3 is 2.36 bits per heavy atom. The number of hydrogen-bond acceptors (Lipinski definition) is 3. The number of carbonyl (C=O) groups excluding carboxylic acids is 2. The second-order valence-corrected chi connectivity index (χ2v) is 5.75. The topological polar surface area (TPSA) is 95.5 Å². The van der Waals surface area contributed by atoms with Crippen LogP contribution in [0.25, 0.3) is 0 Å². The number of aliphatic carboxylic acids is 1. The molecule has 0 bridgehead atoms. The van der Waals surface area contributed by atoms with Crippen molar-refractivity contribution in [2.45, 2.75) is 19.3 Å². The van der Waals surface area contributed by atoms with Crippen molar-refractivity contribution in [1.82, 2.24) is 5.32 Å². The Morgan fingerprint density at radius 1 is 1.14 bits per heavy atom. The van der Waals surface area contributed by atoms with E-state index in [4.69, 9.17) is 16.7 Å². The van der Waals surface area contributed by atoms with Crippen LogP contribution < -0.4 is 10.6 Å². The van der Waals surface area contributed by atoms with Gasteiger partial charge in [-0.1, -0.05) is 11.6 Å². The summed E-state index contributed by atoms with van der Waals surface area (Å²) in [6.07, 6.45) is 1.38. The van der Waals surface area contributed by atoms with Gasteiger partial charge >= 0.3 is 5.97 Å². The summed E-state index contributed by atoms with van der Waals surface area (Å²) in [4.78, 5) is 34.5. The fraction of sp³-hybridized carbons (Fsp3) is 0.400. The third-order valence-electron chi connectivity index (χ3n) is 3.70. The molecular weight excluding hydrogens is 308 g/mol. The lowest BCUT2D eigenvalue weighted by Gasteiger charge is -2.11. The van der Waals surface area contributed by atoms with Crippen molar-refractivity contribution in [3.05, 3.63) is 29.3 Å². The highest BCUT2D eigenvalue weighted by Crippen LogP contribution is 2.31. The van der Waals surface area contributed by atoms with Crippen LogP contribution in [0.15, 0.2) is 24.3 Å². The van der Waals surface area contributed by atoms with Gasteiger partial charge < -0.3 is 15.7 Å². The number of anilines is 1. The molecule has 0 heterocycles. The predicted octanol–water partition coefficient (Wildman–Crippen LogP) is 1.90. The molecule has 0 unspecified atom stereocenters. The van der Waals surface area contributed by atoms with Crippen molar-refractivity contribution in [2.75, 3.05) is 11.9 Å². The van der Waals surface area contributed by atoms with Gasteiger partial charge in [0.05, 0.1) is 12.5 Å². The van der Waals surface area contributed by atoms with E-state index in [-0.39, 0.29) is 24.3 Å². The van der Waals surface area contributed by atoms with Gasteiger partial charge in [-0.3, -0.25) is 14.4 Å². The highest BCUT2D eigenvalue weighted by molar-refractivity contribution is 6.30. The summed E-state index contributed by atoms with van der Waals surface area (Å²) in [6, 6.07) is 6.63. The SMILES string of the molecule is O=C(CNC(=O)[C@H]1CC[C@@H](C(=O)O)C1)Nc1ccc(Cl)cc1. The summed E-state index contributed by atoms with van der Waals surface area (Å²) >= 11 is 5.75. The lowest BCUT2D eigenvalue weighted by Crippen LogP contribution is -2.36. The molecule has 3 N–H and O–H groups in total. The third-order valence-corrected chi connectivity index (χ3v) is 3.96. The molecule has 1 aliphatic rings. The Labute approximate surface area is 132 Å². The number of rotatable bonds is 5. The molecule has 7 heteroatoms. The number of carbonyl (C=O) groups is 3. The van der Waals surface area contributed by atoms with Crippen LogP contribution >= 0.6 is 11.6 Å². The number of benzene rings is 1. The standard InChI is InChI=1S/C15H17ClN2O4/c16-11-3-5-12(6-4-11)18-13(19)8-17-14(20)9-1-2-10(7-9)15(21)22/h3-6,9-10H,1-2,7-8H2,(H,17,20)(H,18,19)(H,21,22)/t9-,10+/m0/s1.